The van der Waals surface area contributed by atoms with Gasteiger partial charge in [0.2, 0.25) is 0 Å². The molecule has 0 radical (unpaired) electrons. The lowest BCUT2D eigenvalue weighted by atomic mass is 10.0. The summed E-state index contributed by atoms with van der Waals surface area (Å²) in [6.45, 7) is 6.69. The van der Waals surface area contributed by atoms with Crippen molar-refractivity contribution in [2.24, 2.45) is 0 Å². The Bertz CT molecular complexity index is 1210. The number of unbranched alkanes of at least 4 members (excludes halogenated alkanes) is 48. The van der Waals surface area contributed by atoms with Gasteiger partial charge in [-0.2, -0.15) is 0 Å². The number of hydrogen-bond acceptors (Lipinski definition) is 6. The highest BCUT2D eigenvalue weighted by Gasteiger charge is 2.19. The molecule has 0 saturated heterocycles. The highest BCUT2D eigenvalue weighted by molar-refractivity contribution is 5.71. The van der Waals surface area contributed by atoms with E-state index in [0.29, 0.717) is 19.3 Å². The number of esters is 3. The summed E-state index contributed by atoms with van der Waals surface area (Å²) >= 11 is 0. The van der Waals surface area contributed by atoms with Crippen LogP contribution in [0.5, 0.6) is 0 Å². The fourth-order valence-corrected chi connectivity index (χ4v) is 10.4. The summed E-state index contributed by atoms with van der Waals surface area (Å²) in [7, 11) is 0. The van der Waals surface area contributed by atoms with Crippen molar-refractivity contribution in [1.82, 2.24) is 0 Å². The maximum atomic E-state index is 12.9. The van der Waals surface area contributed by atoms with Crippen molar-refractivity contribution >= 4 is 17.9 Å². The maximum Gasteiger partial charge on any atom is 0.306 e. The third kappa shape index (κ3) is 62.6. The van der Waals surface area contributed by atoms with Gasteiger partial charge in [-0.25, -0.2) is 0 Å². The summed E-state index contributed by atoms with van der Waals surface area (Å²) < 4.78 is 16.9. The molecule has 442 valence electrons. The van der Waals surface area contributed by atoms with Crippen molar-refractivity contribution < 1.29 is 28.6 Å². The lowest BCUT2D eigenvalue weighted by molar-refractivity contribution is -0.167. The monoisotopic (exact) mass is 1050 g/mol. The van der Waals surface area contributed by atoms with Gasteiger partial charge in [0, 0.05) is 19.3 Å². The first-order valence-corrected chi connectivity index (χ1v) is 33.8. The predicted octanol–water partition coefficient (Wildman–Crippen LogP) is 23.0. The molecule has 0 bridgehead atoms. The van der Waals surface area contributed by atoms with E-state index in [2.05, 4.69) is 45.1 Å². The highest BCUT2D eigenvalue weighted by Crippen LogP contribution is 2.18. The molecular weight excluding hydrogens is 925 g/mol. The Morgan fingerprint density at radius 1 is 0.267 bits per heavy atom. The first-order valence-electron chi connectivity index (χ1n) is 33.8. The number of allylic oxidation sites excluding steroid dienone is 4. The average Bonchev–Trinajstić information content (AvgIpc) is 3.41. The van der Waals surface area contributed by atoms with Gasteiger partial charge in [-0.3, -0.25) is 14.4 Å². The Hall–Kier alpha value is -2.11. The standard InChI is InChI=1S/C69H130O6/c1-4-7-10-13-16-19-22-25-27-28-29-30-31-32-33-34-35-36-37-38-39-40-41-42-43-45-47-50-53-56-59-62-68(71)74-65-66(64-73-67(70)61-58-55-52-49-46-24-21-18-15-12-9-6-3)75-69(72)63-60-57-54-51-48-44-26-23-20-17-14-11-8-5-2/h22,25,28-29,66H,4-21,23-24,26-27,30-65H2,1-3H3/b25-22-,29-28-. The molecule has 0 aliphatic rings. The minimum atomic E-state index is -0.764. The largest absolute Gasteiger partial charge is 0.462 e. The van der Waals surface area contributed by atoms with Gasteiger partial charge in [0.1, 0.15) is 13.2 Å². The van der Waals surface area contributed by atoms with Gasteiger partial charge in [-0.05, 0) is 51.4 Å². The zero-order valence-corrected chi connectivity index (χ0v) is 50.8. The molecular formula is C69H130O6. The topological polar surface area (TPSA) is 78.9 Å². The van der Waals surface area contributed by atoms with Gasteiger partial charge in [0.05, 0.1) is 0 Å². The van der Waals surface area contributed by atoms with Crippen LogP contribution in [0.25, 0.3) is 0 Å². The van der Waals surface area contributed by atoms with Crippen molar-refractivity contribution in [2.75, 3.05) is 13.2 Å². The van der Waals surface area contributed by atoms with Crippen LogP contribution in [0.3, 0.4) is 0 Å². The van der Waals surface area contributed by atoms with Gasteiger partial charge in [0.25, 0.3) is 0 Å². The third-order valence-electron chi connectivity index (χ3n) is 15.5. The van der Waals surface area contributed by atoms with E-state index in [9.17, 15) is 14.4 Å². The van der Waals surface area contributed by atoms with E-state index in [0.717, 1.165) is 64.2 Å². The second kappa shape index (κ2) is 64.4. The van der Waals surface area contributed by atoms with Crippen LogP contribution in [-0.2, 0) is 28.6 Å². The van der Waals surface area contributed by atoms with Crippen molar-refractivity contribution in [2.45, 2.75) is 386 Å². The first kappa shape index (κ1) is 72.9. The molecule has 6 heteroatoms. The fraction of sp³-hybridized carbons (Fsp3) is 0.899. The highest BCUT2D eigenvalue weighted by atomic mass is 16.6. The van der Waals surface area contributed by atoms with Crippen LogP contribution in [0.1, 0.15) is 380 Å². The van der Waals surface area contributed by atoms with Crippen LogP contribution in [-0.4, -0.2) is 37.2 Å². The van der Waals surface area contributed by atoms with Crippen molar-refractivity contribution in [3.05, 3.63) is 24.3 Å². The second-order valence-corrected chi connectivity index (χ2v) is 23.1. The zero-order valence-electron chi connectivity index (χ0n) is 50.8. The molecule has 0 heterocycles. The molecule has 1 unspecified atom stereocenters. The molecule has 0 aliphatic heterocycles. The molecule has 0 aromatic rings. The van der Waals surface area contributed by atoms with Crippen LogP contribution in [0.2, 0.25) is 0 Å². The Kier molecular flexibility index (Phi) is 62.6. The Balaban J connectivity index is 4.08. The van der Waals surface area contributed by atoms with Gasteiger partial charge in [0.15, 0.2) is 6.10 Å². The van der Waals surface area contributed by atoms with E-state index in [1.807, 2.05) is 0 Å². The molecule has 0 spiro atoms. The smallest absolute Gasteiger partial charge is 0.306 e. The molecule has 0 saturated carbocycles. The minimum Gasteiger partial charge on any atom is -0.462 e. The van der Waals surface area contributed by atoms with Crippen molar-refractivity contribution in [3.8, 4) is 0 Å². The molecule has 75 heavy (non-hydrogen) atoms. The lowest BCUT2D eigenvalue weighted by Crippen LogP contribution is -2.30. The average molecular weight is 1060 g/mol. The Labute approximate surface area is 468 Å². The van der Waals surface area contributed by atoms with Crippen molar-refractivity contribution in [1.29, 1.82) is 0 Å². The summed E-state index contributed by atoms with van der Waals surface area (Å²) in [5.74, 6) is -0.834. The first-order chi connectivity index (χ1) is 37.0. The van der Waals surface area contributed by atoms with E-state index >= 15 is 0 Å². The number of ether oxygens (including phenoxy) is 3. The van der Waals surface area contributed by atoms with Gasteiger partial charge in [-0.1, -0.05) is 334 Å². The molecule has 1 atom stereocenters. The summed E-state index contributed by atoms with van der Waals surface area (Å²) in [6, 6.07) is 0. The molecule has 0 rings (SSSR count). The minimum absolute atomic E-state index is 0.0634. The van der Waals surface area contributed by atoms with E-state index in [1.54, 1.807) is 0 Å². The number of hydrogen-bond donors (Lipinski definition) is 0. The molecule has 6 nitrogen and oxygen atoms in total. The SMILES string of the molecule is CCCCCCC/C=C\C/C=C\CCCCCCCCCCCCCCCCCCCCCC(=O)OCC(COC(=O)CCCCCCCCCCCCCC)OC(=O)CCCCCCCCCCCCCCCC. The summed E-state index contributed by atoms with van der Waals surface area (Å²) in [6.07, 6.45) is 77.8. The normalized spacial score (nSPS) is 12.1. The summed E-state index contributed by atoms with van der Waals surface area (Å²) in [4.78, 5) is 38.2. The Morgan fingerprint density at radius 3 is 0.733 bits per heavy atom. The van der Waals surface area contributed by atoms with Crippen LogP contribution in [0, 0.1) is 0 Å². The molecule has 0 aromatic heterocycles. The quantitative estimate of drug-likeness (QED) is 0.0261. The maximum absolute atomic E-state index is 12.9. The number of rotatable bonds is 63. The van der Waals surface area contributed by atoms with Crippen LogP contribution in [0.15, 0.2) is 24.3 Å². The predicted molar refractivity (Wildman–Crippen MR) is 326 cm³/mol. The Morgan fingerprint density at radius 2 is 0.480 bits per heavy atom. The van der Waals surface area contributed by atoms with Gasteiger partial charge in [-0.15, -0.1) is 0 Å². The van der Waals surface area contributed by atoms with Crippen molar-refractivity contribution in [3.63, 3.8) is 0 Å². The number of carbonyl (C=O) groups excluding carboxylic acids is 3. The molecule has 0 amide bonds. The zero-order chi connectivity index (χ0) is 54.3. The molecule has 0 N–H and O–H groups in total. The van der Waals surface area contributed by atoms with E-state index in [4.69, 9.17) is 14.2 Å². The molecule has 0 fully saturated rings. The van der Waals surface area contributed by atoms with Gasteiger partial charge >= 0.3 is 17.9 Å². The number of carbonyl (C=O) groups is 3. The van der Waals surface area contributed by atoms with E-state index in [-0.39, 0.29) is 31.1 Å². The van der Waals surface area contributed by atoms with E-state index in [1.165, 1.54) is 276 Å². The van der Waals surface area contributed by atoms with Crippen LogP contribution >= 0.6 is 0 Å². The molecule has 0 aliphatic carbocycles. The van der Waals surface area contributed by atoms with Crippen LogP contribution in [0.4, 0.5) is 0 Å². The fourth-order valence-electron chi connectivity index (χ4n) is 10.4. The third-order valence-corrected chi connectivity index (χ3v) is 15.5. The summed E-state index contributed by atoms with van der Waals surface area (Å²) in [5.41, 5.74) is 0. The summed E-state index contributed by atoms with van der Waals surface area (Å²) in [5, 5.41) is 0. The lowest BCUT2D eigenvalue weighted by Gasteiger charge is -2.18. The van der Waals surface area contributed by atoms with Gasteiger partial charge < -0.3 is 14.2 Å². The van der Waals surface area contributed by atoms with E-state index < -0.39 is 6.10 Å². The second-order valence-electron chi connectivity index (χ2n) is 23.1. The van der Waals surface area contributed by atoms with Crippen LogP contribution < -0.4 is 0 Å². The molecule has 0 aromatic carbocycles.